The molecule has 33 heavy (non-hydrogen) atoms. The Morgan fingerprint density at radius 1 is 1.00 bits per heavy atom. The molecule has 0 unspecified atom stereocenters. The number of allylic oxidation sites excluding steroid dienone is 2. The molecule has 6 heteroatoms. The van der Waals surface area contributed by atoms with Crippen LogP contribution in [0.3, 0.4) is 0 Å². The third-order valence-corrected chi connectivity index (χ3v) is 5.02. The van der Waals surface area contributed by atoms with Crippen molar-refractivity contribution in [1.82, 2.24) is 15.0 Å². The lowest BCUT2D eigenvalue weighted by atomic mass is 9.91. The summed E-state index contributed by atoms with van der Waals surface area (Å²) >= 11 is 0. The van der Waals surface area contributed by atoms with Crippen LogP contribution in [0.15, 0.2) is 79.4 Å². The number of pyridine rings is 1. The third-order valence-electron chi connectivity index (χ3n) is 5.02. The fraction of sp³-hybridized carbons (Fsp3) is 0.259. The zero-order valence-electron chi connectivity index (χ0n) is 19.7. The number of amides is 1. The molecule has 2 heterocycles. The van der Waals surface area contributed by atoms with E-state index in [1.54, 1.807) is 24.7 Å². The minimum Gasteiger partial charge on any atom is -0.326 e. The van der Waals surface area contributed by atoms with Crippen molar-refractivity contribution in [3.05, 3.63) is 90.7 Å². The van der Waals surface area contributed by atoms with Gasteiger partial charge in [0.05, 0.1) is 6.42 Å². The maximum Gasteiger partial charge on any atom is 0.228 e. The summed E-state index contributed by atoms with van der Waals surface area (Å²) in [5, 5.41) is 6.11. The molecule has 0 atom stereocenters. The number of hydrogen-bond donors (Lipinski definition) is 2. The maximum atomic E-state index is 12.5. The lowest BCUT2D eigenvalue weighted by Gasteiger charge is -2.18. The van der Waals surface area contributed by atoms with Gasteiger partial charge in [0.2, 0.25) is 11.9 Å². The van der Waals surface area contributed by atoms with Gasteiger partial charge in [-0.15, -0.1) is 0 Å². The largest absolute Gasteiger partial charge is 0.326 e. The van der Waals surface area contributed by atoms with Crippen LogP contribution in [0.4, 0.5) is 11.6 Å². The van der Waals surface area contributed by atoms with Gasteiger partial charge in [-0.05, 0) is 35.8 Å². The molecule has 0 fully saturated rings. The normalized spacial score (nSPS) is 11.7. The summed E-state index contributed by atoms with van der Waals surface area (Å²) in [5.74, 6) is 0.461. The maximum absolute atomic E-state index is 12.5. The summed E-state index contributed by atoms with van der Waals surface area (Å²) < 4.78 is 0. The highest BCUT2D eigenvalue weighted by atomic mass is 16.1. The van der Waals surface area contributed by atoms with Crippen LogP contribution in [0.25, 0.3) is 11.1 Å². The second-order valence-electron chi connectivity index (χ2n) is 8.79. The number of anilines is 2. The Morgan fingerprint density at radius 3 is 2.30 bits per heavy atom. The molecular weight excluding hydrogens is 410 g/mol. The first-order valence-electron chi connectivity index (χ1n) is 11.1. The zero-order chi connectivity index (χ0) is 23.8. The molecule has 3 rings (SSSR count). The molecule has 170 valence electrons. The Morgan fingerprint density at radius 2 is 1.70 bits per heavy atom. The van der Waals surface area contributed by atoms with E-state index in [0.717, 1.165) is 40.2 Å². The van der Waals surface area contributed by atoms with Gasteiger partial charge < -0.3 is 10.6 Å². The van der Waals surface area contributed by atoms with Crippen molar-refractivity contribution in [3.63, 3.8) is 0 Å². The second-order valence-corrected chi connectivity index (χ2v) is 8.79. The van der Waals surface area contributed by atoms with E-state index in [1.807, 2.05) is 42.5 Å². The molecule has 0 bridgehead atoms. The standard InChI is InChI=1S/C27H31N5O/c1-6-8-22(7-2)32-26-29-17-21(18-30-26)20-11-9-19(10-12-20)15-25(33)31-23-13-14-28-24(16-23)27(3,4)5/h7-14,16-18H,2,6,15H2,1,3-5H3,(H,28,31,33)(H,29,30,32)/b22-8+. The van der Waals surface area contributed by atoms with Gasteiger partial charge in [0.15, 0.2) is 0 Å². The fourth-order valence-corrected chi connectivity index (χ4v) is 3.20. The molecule has 0 saturated heterocycles. The molecule has 1 amide bonds. The van der Waals surface area contributed by atoms with Gasteiger partial charge in [0.25, 0.3) is 0 Å². The van der Waals surface area contributed by atoms with E-state index in [9.17, 15) is 4.79 Å². The molecule has 2 aromatic heterocycles. The highest BCUT2D eigenvalue weighted by Crippen LogP contribution is 2.23. The molecule has 0 spiro atoms. The smallest absolute Gasteiger partial charge is 0.228 e. The van der Waals surface area contributed by atoms with Gasteiger partial charge >= 0.3 is 0 Å². The number of benzene rings is 1. The van der Waals surface area contributed by atoms with Crippen molar-refractivity contribution in [2.75, 3.05) is 10.6 Å². The summed E-state index contributed by atoms with van der Waals surface area (Å²) in [6.45, 7) is 12.1. The lowest BCUT2D eigenvalue weighted by Crippen LogP contribution is -2.17. The predicted molar refractivity (Wildman–Crippen MR) is 135 cm³/mol. The van der Waals surface area contributed by atoms with Crippen LogP contribution in [0.2, 0.25) is 0 Å². The summed E-state index contributed by atoms with van der Waals surface area (Å²) in [4.78, 5) is 25.7. The van der Waals surface area contributed by atoms with Crippen LogP contribution in [0, 0.1) is 0 Å². The minimum atomic E-state index is -0.0747. The monoisotopic (exact) mass is 441 g/mol. The summed E-state index contributed by atoms with van der Waals surface area (Å²) in [5.41, 5.74) is 5.33. The fourth-order valence-electron chi connectivity index (χ4n) is 3.20. The molecule has 0 aliphatic carbocycles. The Kier molecular flexibility index (Phi) is 7.72. The molecular formula is C27H31N5O. The van der Waals surface area contributed by atoms with Crippen molar-refractivity contribution in [2.45, 2.75) is 46.0 Å². The Labute approximate surface area is 195 Å². The SMILES string of the molecule is C=C/C(=C\CC)Nc1ncc(-c2ccc(CC(=O)Nc3ccnc(C(C)(C)C)c3)cc2)cn1. The molecule has 0 saturated carbocycles. The van der Waals surface area contributed by atoms with Gasteiger partial charge in [-0.1, -0.05) is 64.6 Å². The van der Waals surface area contributed by atoms with Crippen LogP contribution in [-0.4, -0.2) is 20.9 Å². The second kappa shape index (κ2) is 10.7. The van der Waals surface area contributed by atoms with E-state index in [1.165, 1.54) is 0 Å². The quantitative estimate of drug-likeness (QED) is 0.425. The van der Waals surface area contributed by atoms with E-state index < -0.39 is 0 Å². The number of nitrogens with one attached hydrogen (secondary N) is 2. The topological polar surface area (TPSA) is 79.8 Å². The van der Waals surface area contributed by atoms with Crippen LogP contribution in [-0.2, 0) is 16.6 Å². The van der Waals surface area contributed by atoms with Crippen LogP contribution in [0.5, 0.6) is 0 Å². The third kappa shape index (κ3) is 6.84. The average Bonchev–Trinajstić information content (AvgIpc) is 2.79. The number of rotatable bonds is 8. The number of aromatic nitrogens is 3. The molecule has 0 radical (unpaired) electrons. The van der Waals surface area contributed by atoms with E-state index in [2.05, 4.69) is 59.9 Å². The van der Waals surface area contributed by atoms with E-state index in [4.69, 9.17) is 0 Å². The first-order valence-corrected chi connectivity index (χ1v) is 11.1. The van der Waals surface area contributed by atoms with Crippen LogP contribution < -0.4 is 10.6 Å². The van der Waals surface area contributed by atoms with Gasteiger partial charge in [-0.3, -0.25) is 9.78 Å². The van der Waals surface area contributed by atoms with Crippen LogP contribution >= 0.6 is 0 Å². The Bertz CT molecular complexity index is 1130. The van der Waals surface area contributed by atoms with Crippen molar-refractivity contribution in [2.24, 2.45) is 0 Å². The Balaban J connectivity index is 1.62. The van der Waals surface area contributed by atoms with Gasteiger partial charge in [0.1, 0.15) is 0 Å². The highest BCUT2D eigenvalue weighted by Gasteiger charge is 2.16. The number of nitrogens with zero attached hydrogens (tertiary/aromatic N) is 3. The molecule has 1 aromatic carbocycles. The first-order chi connectivity index (χ1) is 15.8. The van der Waals surface area contributed by atoms with Gasteiger partial charge in [-0.25, -0.2) is 9.97 Å². The number of carbonyl (C=O) groups excluding carboxylic acids is 1. The molecule has 6 nitrogen and oxygen atoms in total. The Hall–Kier alpha value is -3.80. The minimum absolute atomic E-state index is 0.0641. The van der Waals surface area contributed by atoms with E-state index >= 15 is 0 Å². The van der Waals surface area contributed by atoms with E-state index in [-0.39, 0.29) is 11.3 Å². The molecule has 2 N–H and O–H groups in total. The average molecular weight is 442 g/mol. The van der Waals surface area contributed by atoms with Crippen molar-refractivity contribution in [3.8, 4) is 11.1 Å². The van der Waals surface area contributed by atoms with Crippen molar-refractivity contribution < 1.29 is 4.79 Å². The van der Waals surface area contributed by atoms with Gasteiger partial charge in [-0.2, -0.15) is 0 Å². The number of carbonyl (C=O) groups is 1. The molecule has 0 aliphatic rings. The summed E-state index contributed by atoms with van der Waals surface area (Å²) in [6.07, 6.45) is 10.2. The highest BCUT2D eigenvalue weighted by molar-refractivity contribution is 5.92. The lowest BCUT2D eigenvalue weighted by molar-refractivity contribution is -0.115. The van der Waals surface area contributed by atoms with Crippen molar-refractivity contribution >= 4 is 17.5 Å². The van der Waals surface area contributed by atoms with E-state index in [0.29, 0.717) is 12.4 Å². The van der Waals surface area contributed by atoms with Crippen molar-refractivity contribution in [1.29, 1.82) is 0 Å². The number of hydrogen-bond acceptors (Lipinski definition) is 5. The van der Waals surface area contributed by atoms with Crippen LogP contribution in [0.1, 0.15) is 45.4 Å². The zero-order valence-corrected chi connectivity index (χ0v) is 19.7. The first kappa shape index (κ1) is 23.9. The molecule has 0 aliphatic heterocycles. The molecule has 3 aromatic rings. The predicted octanol–water partition coefficient (Wildman–Crippen LogP) is 5.91. The summed E-state index contributed by atoms with van der Waals surface area (Å²) in [6, 6.07) is 11.6. The van der Waals surface area contributed by atoms with Gasteiger partial charge in [0, 0.05) is 46.6 Å². The summed E-state index contributed by atoms with van der Waals surface area (Å²) in [7, 11) is 0.